The molecular weight excluding hydrogens is 344 g/mol. The van der Waals surface area contributed by atoms with Gasteiger partial charge in [-0.25, -0.2) is 0 Å². The first-order chi connectivity index (χ1) is 12.8. The summed E-state index contributed by atoms with van der Waals surface area (Å²) in [5.41, 5.74) is 1.43. The molecule has 2 saturated heterocycles. The van der Waals surface area contributed by atoms with Crippen LogP contribution in [0.2, 0.25) is 0 Å². The number of fused-ring (bicyclic) bond motifs is 1. The van der Waals surface area contributed by atoms with Crippen molar-refractivity contribution in [3.8, 4) is 0 Å². The minimum atomic E-state index is -0.467. The Morgan fingerprint density at radius 1 is 1.30 bits per heavy atom. The number of hydrogen-bond acceptors (Lipinski definition) is 4. The number of pyridine rings is 1. The summed E-state index contributed by atoms with van der Waals surface area (Å²) in [5, 5.41) is 2.91. The number of rotatable bonds is 4. The molecule has 27 heavy (non-hydrogen) atoms. The van der Waals surface area contributed by atoms with E-state index < -0.39 is 6.04 Å². The third kappa shape index (κ3) is 4.12. The zero-order chi connectivity index (χ0) is 19.7. The van der Waals surface area contributed by atoms with Crippen molar-refractivity contribution in [2.24, 2.45) is 5.92 Å². The van der Waals surface area contributed by atoms with Crippen molar-refractivity contribution in [3.63, 3.8) is 0 Å². The maximum absolute atomic E-state index is 13.2. The molecule has 2 fully saturated rings. The lowest BCUT2D eigenvalue weighted by molar-refractivity contribution is -0.142. The Kier molecular flexibility index (Phi) is 5.48. The lowest BCUT2D eigenvalue weighted by atomic mass is 9.96. The van der Waals surface area contributed by atoms with Crippen molar-refractivity contribution >= 4 is 17.7 Å². The molecule has 2 aliphatic heterocycles. The number of amides is 3. The lowest BCUT2D eigenvalue weighted by Gasteiger charge is -2.43. The first-order valence-corrected chi connectivity index (χ1v) is 9.56. The molecule has 3 rings (SSSR count). The molecule has 0 unspecified atom stereocenters. The summed E-state index contributed by atoms with van der Waals surface area (Å²) < 4.78 is 0. The Labute approximate surface area is 160 Å². The van der Waals surface area contributed by atoms with Gasteiger partial charge in [-0.15, -0.1) is 0 Å². The predicted octanol–water partition coefficient (Wildman–Crippen LogP) is 1.37. The van der Waals surface area contributed by atoms with Gasteiger partial charge < -0.3 is 15.1 Å². The highest BCUT2D eigenvalue weighted by Crippen LogP contribution is 2.30. The van der Waals surface area contributed by atoms with E-state index >= 15 is 0 Å². The molecule has 7 heteroatoms. The summed E-state index contributed by atoms with van der Waals surface area (Å²) in [5.74, 6) is 0.0366. The summed E-state index contributed by atoms with van der Waals surface area (Å²) in [7, 11) is 0. The van der Waals surface area contributed by atoms with Gasteiger partial charge in [0, 0.05) is 38.4 Å². The van der Waals surface area contributed by atoms with Gasteiger partial charge in [0.2, 0.25) is 11.8 Å². The molecule has 7 nitrogen and oxygen atoms in total. The van der Waals surface area contributed by atoms with E-state index in [4.69, 9.17) is 0 Å². The van der Waals surface area contributed by atoms with Crippen LogP contribution in [0, 0.1) is 12.8 Å². The van der Waals surface area contributed by atoms with Crippen LogP contribution >= 0.6 is 0 Å². The molecule has 0 aromatic carbocycles. The van der Waals surface area contributed by atoms with E-state index in [2.05, 4.69) is 24.1 Å². The van der Waals surface area contributed by atoms with Gasteiger partial charge in [-0.05, 0) is 37.3 Å². The Balaban J connectivity index is 1.86. The largest absolute Gasteiger partial charge is 0.352 e. The summed E-state index contributed by atoms with van der Waals surface area (Å²) in [6, 6.07) is 1.24. The molecule has 1 aromatic rings. The summed E-state index contributed by atoms with van der Waals surface area (Å²) >= 11 is 0. The maximum Gasteiger partial charge on any atom is 0.256 e. The van der Waals surface area contributed by atoms with E-state index in [9.17, 15) is 14.4 Å². The van der Waals surface area contributed by atoms with Crippen molar-refractivity contribution in [1.29, 1.82) is 0 Å². The highest BCUT2D eigenvalue weighted by atomic mass is 16.2. The molecule has 1 aromatic heterocycles. The second-order valence-corrected chi connectivity index (χ2v) is 8.13. The van der Waals surface area contributed by atoms with E-state index in [-0.39, 0.29) is 35.7 Å². The first-order valence-electron chi connectivity index (χ1n) is 9.56. The van der Waals surface area contributed by atoms with Crippen LogP contribution in [0.1, 0.15) is 49.5 Å². The zero-order valence-corrected chi connectivity index (χ0v) is 16.4. The van der Waals surface area contributed by atoms with E-state index in [1.807, 2.05) is 17.9 Å². The van der Waals surface area contributed by atoms with Crippen LogP contribution in [0.25, 0.3) is 0 Å². The minimum Gasteiger partial charge on any atom is -0.352 e. The number of piperazine rings is 1. The van der Waals surface area contributed by atoms with Crippen LogP contribution in [0.15, 0.2) is 18.5 Å². The fourth-order valence-corrected chi connectivity index (χ4v) is 4.17. The smallest absolute Gasteiger partial charge is 0.256 e. The molecule has 0 radical (unpaired) electrons. The molecule has 146 valence electrons. The summed E-state index contributed by atoms with van der Waals surface area (Å²) in [6.45, 7) is 8.51. The Hall–Kier alpha value is -2.44. The van der Waals surface area contributed by atoms with E-state index in [0.717, 1.165) is 5.56 Å². The van der Waals surface area contributed by atoms with E-state index in [1.165, 1.54) is 6.92 Å². The quantitative estimate of drug-likeness (QED) is 0.865. The number of nitrogens with one attached hydrogen (secondary N) is 1. The number of nitrogens with zero attached hydrogens (tertiary/aromatic N) is 3. The number of aryl methyl sites for hydroxylation is 1. The SMILES string of the molecule is CC(=O)N[C@H]1C[C@H]2CN(C(=O)c3cncc(C)c3)[C@@H](CC(C)C)C(=O)N2C1. The molecule has 3 heterocycles. The van der Waals surface area contributed by atoms with Crippen LogP contribution in [0.3, 0.4) is 0 Å². The van der Waals surface area contributed by atoms with Crippen molar-refractivity contribution in [1.82, 2.24) is 20.1 Å². The maximum atomic E-state index is 13.2. The van der Waals surface area contributed by atoms with Crippen molar-refractivity contribution < 1.29 is 14.4 Å². The van der Waals surface area contributed by atoms with Crippen molar-refractivity contribution in [2.75, 3.05) is 13.1 Å². The molecule has 0 aliphatic carbocycles. The number of carbonyl (C=O) groups excluding carboxylic acids is 3. The van der Waals surface area contributed by atoms with Crippen LogP contribution in [0.5, 0.6) is 0 Å². The number of aromatic nitrogens is 1. The third-order valence-electron chi connectivity index (χ3n) is 5.25. The number of carbonyl (C=O) groups is 3. The van der Waals surface area contributed by atoms with Gasteiger partial charge in [-0.1, -0.05) is 13.8 Å². The third-order valence-corrected chi connectivity index (χ3v) is 5.25. The average molecular weight is 372 g/mol. The van der Waals surface area contributed by atoms with Crippen LogP contribution < -0.4 is 5.32 Å². The predicted molar refractivity (Wildman–Crippen MR) is 101 cm³/mol. The van der Waals surface area contributed by atoms with Crippen LogP contribution in [-0.4, -0.2) is 63.7 Å². The van der Waals surface area contributed by atoms with Gasteiger partial charge >= 0.3 is 0 Å². The van der Waals surface area contributed by atoms with Crippen molar-refractivity contribution in [3.05, 3.63) is 29.6 Å². The van der Waals surface area contributed by atoms with Gasteiger partial charge in [0.05, 0.1) is 11.6 Å². The molecule has 1 N–H and O–H groups in total. The summed E-state index contributed by atoms with van der Waals surface area (Å²) in [4.78, 5) is 45.5. The fourth-order valence-electron chi connectivity index (χ4n) is 4.17. The van der Waals surface area contributed by atoms with Crippen LogP contribution in [0.4, 0.5) is 0 Å². The topological polar surface area (TPSA) is 82.6 Å². The fraction of sp³-hybridized carbons (Fsp3) is 0.600. The monoisotopic (exact) mass is 372 g/mol. The molecular formula is C20H28N4O3. The Morgan fingerprint density at radius 3 is 2.67 bits per heavy atom. The average Bonchev–Trinajstić information content (AvgIpc) is 2.98. The standard InChI is InChI=1S/C20H28N4O3/c1-12(2)5-18-20(27)23-10-16(22-14(4)25)7-17(23)11-24(18)19(26)15-6-13(3)8-21-9-15/h6,8-9,12,16-18H,5,7,10-11H2,1-4H3,(H,22,25)/t16-,17-,18-/m0/s1. The van der Waals surface area contributed by atoms with E-state index in [1.54, 1.807) is 17.3 Å². The second-order valence-electron chi connectivity index (χ2n) is 8.13. The van der Waals surface area contributed by atoms with Gasteiger partial charge in [-0.2, -0.15) is 0 Å². The van der Waals surface area contributed by atoms with Crippen molar-refractivity contribution in [2.45, 2.75) is 58.7 Å². The molecule has 0 spiro atoms. The number of hydrogen-bond donors (Lipinski definition) is 1. The molecule has 2 aliphatic rings. The van der Waals surface area contributed by atoms with Gasteiger partial charge in [0.15, 0.2) is 0 Å². The Bertz CT molecular complexity index is 748. The van der Waals surface area contributed by atoms with E-state index in [0.29, 0.717) is 31.5 Å². The van der Waals surface area contributed by atoms with Crippen LogP contribution in [-0.2, 0) is 9.59 Å². The molecule has 0 saturated carbocycles. The normalized spacial score (nSPS) is 24.9. The second kappa shape index (κ2) is 7.66. The first kappa shape index (κ1) is 19.3. The van der Waals surface area contributed by atoms with Gasteiger partial charge in [-0.3, -0.25) is 19.4 Å². The molecule has 3 atom stereocenters. The zero-order valence-electron chi connectivity index (χ0n) is 16.4. The summed E-state index contributed by atoms with van der Waals surface area (Å²) in [6.07, 6.45) is 4.57. The van der Waals surface area contributed by atoms with Gasteiger partial charge in [0.25, 0.3) is 5.91 Å². The molecule has 3 amide bonds. The molecule has 0 bridgehead atoms. The van der Waals surface area contributed by atoms with Gasteiger partial charge in [0.1, 0.15) is 6.04 Å². The Morgan fingerprint density at radius 2 is 2.04 bits per heavy atom. The highest BCUT2D eigenvalue weighted by molar-refractivity contribution is 5.98. The lowest BCUT2D eigenvalue weighted by Crippen LogP contribution is -2.61. The highest BCUT2D eigenvalue weighted by Gasteiger charge is 2.47. The minimum absolute atomic E-state index is 0.0123.